The minimum atomic E-state index is -1.98. The number of aliphatic hydroxyl groups is 7. The summed E-state index contributed by atoms with van der Waals surface area (Å²) in [6.45, 7) is -0.738. The van der Waals surface area contributed by atoms with Crippen molar-refractivity contribution in [2.45, 2.75) is 61.4 Å². The minimum Gasteiger partial charge on any atom is -0.479 e. The van der Waals surface area contributed by atoms with Gasteiger partial charge in [-0.2, -0.15) is 0 Å². The highest BCUT2D eigenvalue weighted by atomic mass is 16.7. The Morgan fingerprint density at radius 1 is 0.875 bits per heavy atom. The summed E-state index contributed by atoms with van der Waals surface area (Å²) in [6, 6.07) is 0. The molecule has 2 aliphatic heterocycles. The summed E-state index contributed by atoms with van der Waals surface area (Å²) in [4.78, 5) is 11.2. The van der Waals surface area contributed by atoms with Crippen LogP contribution in [-0.4, -0.2) is 115 Å². The number of aliphatic hydroxyl groups excluding tert-OH is 7. The lowest BCUT2D eigenvalue weighted by atomic mass is 9.97. The molecule has 140 valence electrons. The fraction of sp³-hybridized carbons (Fsp3) is 0.917. The molecular weight excluding hydrogens is 336 g/mol. The number of aliphatic carboxylic acids is 1. The van der Waals surface area contributed by atoms with E-state index in [0.29, 0.717) is 0 Å². The van der Waals surface area contributed by atoms with Crippen LogP contribution < -0.4 is 0 Å². The summed E-state index contributed by atoms with van der Waals surface area (Å²) < 4.78 is 14.8. The van der Waals surface area contributed by atoms with Crippen molar-refractivity contribution in [3.8, 4) is 0 Å². The van der Waals surface area contributed by atoms with E-state index in [0.717, 1.165) is 0 Å². The van der Waals surface area contributed by atoms with E-state index in [1.165, 1.54) is 0 Å². The van der Waals surface area contributed by atoms with Gasteiger partial charge in [-0.05, 0) is 0 Å². The summed E-state index contributed by atoms with van der Waals surface area (Å²) in [5, 5.41) is 76.2. The second-order valence-corrected chi connectivity index (χ2v) is 5.56. The maximum Gasteiger partial charge on any atom is 0.335 e. The van der Waals surface area contributed by atoms with Crippen molar-refractivity contribution in [2.75, 3.05) is 6.61 Å². The van der Waals surface area contributed by atoms with E-state index in [-0.39, 0.29) is 0 Å². The Labute approximate surface area is 135 Å². The van der Waals surface area contributed by atoms with Gasteiger partial charge in [0.05, 0.1) is 6.61 Å². The molecule has 2 fully saturated rings. The van der Waals surface area contributed by atoms with Crippen molar-refractivity contribution in [1.29, 1.82) is 0 Å². The molecular formula is C12H20O12. The molecule has 0 bridgehead atoms. The Hall–Kier alpha value is -0.930. The third kappa shape index (κ3) is 3.52. The number of carbonyl (C=O) groups is 1. The number of ether oxygens (including phenoxy) is 3. The highest BCUT2D eigenvalue weighted by molar-refractivity contribution is 5.73. The Kier molecular flexibility index (Phi) is 6.09. The van der Waals surface area contributed by atoms with Gasteiger partial charge in [0.25, 0.3) is 0 Å². The zero-order chi connectivity index (χ0) is 18.2. The first kappa shape index (κ1) is 19.4. The molecule has 2 saturated heterocycles. The van der Waals surface area contributed by atoms with Crippen LogP contribution in [0.1, 0.15) is 0 Å². The summed E-state index contributed by atoms with van der Waals surface area (Å²) in [7, 11) is 0. The van der Waals surface area contributed by atoms with Gasteiger partial charge in [0.15, 0.2) is 18.7 Å². The van der Waals surface area contributed by atoms with Gasteiger partial charge in [-0.3, -0.25) is 0 Å². The van der Waals surface area contributed by atoms with Crippen molar-refractivity contribution in [3.05, 3.63) is 0 Å². The maximum absolute atomic E-state index is 11.2. The maximum atomic E-state index is 11.2. The average molecular weight is 356 g/mol. The fourth-order valence-electron chi connectivity index (χ4n) is 2.54. The largest absolute Gasteiger partial charge is 0.479 e. The van der Waals surface area contributed by atoms with E-state index in [9.17, 15) is 35.4 Å². The lowest BCUT2D eigenvalue weighted by Gasteiger charge is -2.44. The highest BCUT2D eigenvalue weighted by Crippen LogP contribution is 2.28. The van der Waals surface area contributed by atoms with E-state index in [1.54, 1.807) is 0 Å². The lowest BCUT2D eigenvalue weighted by Crippen LogP contribution is -2.65. The van der Waals surface area contributed by atoms with E-state index in [4.69, 9.17) is 19.7 Å². The number of carboxylic acids is 1. The molecule has 12 heteroatoms. The molecule has 10 atom stereocenters. The van der Waals surface area contributed by atoms with E-state index >= 15 is 0 Å². The predicted octanol–water partition coefficient (Wildman–Crippen LogP) is -5.30. The van der Waals surface area contributed by atoms with Crippen LogP contribution in [0.5, 0.6) is 0 Å². The zero-order valence-electron chi connectivity index (χ0n) is 12.2. The van der Waals surface area contributed by atoms with Crippen molar-refractivity contribution in [1.82, 2.24) is 0 Å². The topological polar surface area (TPSA) is 207 Å². The van der Waals surface area contributed by atoms with Gasteiger partial charge in [0, 0.05) is 0 Å². The van der Waals surface area contributed by atoms with E-state index in [1.807, 2.05) is 0 Å². The SMILES string of the molecule is O=C(O)[C@@H]1O[C@@H](O)[C@H](O)[C@@H](O)[C@@H]1O[C@@H]1O[C@H](CO)[C@H](O)[C@H](O)[C@H]1O. The Bertz CT molecular complexity index is 444. The number of rotatable bonds is 4. The first-order chi connectivity index (χ1) is 11.2. The summed E-state index contributed by atoms with van der Waals surface area (Å²) in [5.41, 5.74) is 0. The predicted molar refractivity (Wildman–Crippen MR) is 69.2 cm³/mol. The van der Waals surface area contributed by atoms with Crippen molar-refractivity contribution < 1.29 is 59.9 Å². The second kappa shape index (κ2) is 7.53. The standard InChI is InChI=1S/C12H20O12/c13-1-2-3(14)4(15)7(18)12(22-2)24-8-5(16)6(17)11(21)23-9(8)10(19)20/h2-9,11-18,21H,1H2,(H,19,20)/t2-,3+,4+,5-,6-,7-,8+,9-,11-,12+/m1/s1. The normalized spacial score (nSPS) is 49.8. The molecule has 0 amide bonds. The monoisotopic (exact) mass is 356 g/mol. The Morgan fingerprint density at radius 2 is 1.50 bits per heavy atom. The van der Waals surface area contributed by atoms with E-state index < -0.39 is 74.0 Å². The van der Waals surface area contributed by atoms with E-state index in [2.05, 4.69) is 4.74 Å². The Morgan fingerprint density at radius 3 is 2.04 bits per heavy atom. The molecule has 0 aliphatic carbocycles. The summed E-state index contributed by atoms with van der Waals surface area (Å²) >= 11 is 0. The second-order valence-electron chi connectivity index (χ2n) is 5.56. The molecule has 0 aromatic heterocycles. The highest BCUT2D eigenvalue weighted by Gasteiger charge is 2.52. The lowest BCUT2D eigenvalue weighted by molar-refractivity contribution is -0.350. The summed E-state index contributed by atoms with van der Waals surface area (Å²) in [6.07, 6.45) is -17.8. The van der Waals surface area contributed by atoms with Crippen LogP contribution in [-0.2, 0) is 19.0 Å². The van der Waals surface area contributed by atoms with Crippen LogP contribution >= 0.6 is 0 Å². The average Bonchev–Trinajstić information content (AvgIpc) is 2.54. The first-order valence-electron chi connectivity index (χ1n) is 7.07. The van der Waals surface area contributed by atoms with Gasteiger partial charge in [0.2, 0.25) is 0 Å². The molecule has 2 aliphatic rings. The summed E-state index contributed by atoms with van der Waals surface area (Å²) in [5.74, 6) is -1.63. The number of hydrogen-bond donors (Lipinski definition) is 8. The van der Waals surface area contributed by atoms with Gasteiger partial charge in [-0.1, -0.05) is 0 Å². The molecule has 0 radical (unpaired) electrons. The van der Waals surface area contributed by atoms with Crippen LogP contribution in [0.2, 0.25) is 0 Å². The third-order valence-electron chi connectivity index (χ3n) is 3.95. The van der Waals surface area contributed by atoms with Crippen molar-refractivity contribution >= 4 is 5.97 Å². The third-order valence-corrected chi connectivity index (χ3v) is 3.95. The molecule has 2 heterocycles. The quantitative estimate of drug-likeness (QED) is 0.238. The smallest absolute Gasteiger partial charge is 0.335 e. The van der Waals surface area contributed by atoms with Crippen LogP contribution in [0.25, 0.3) is 0 Å². The fourth-order valence-corrected chi connectivity index (χ4v) is 2.54. The van der Waals surface area contributed by atoms with Crippen LogP contribution in [0, 0.1) is 0 Å². The molecule has 24 heavy (non-hydrogen) atoms. The van der Waals surface area contributed by atoms with Crippen LogP contribution in [0.3, 0.4) is 0 Å². The molecule has 0 saturated carbocycles. The van der Waals surface area contributed by atoms with Crippen molar-refractivity contribution in [2.24, 2.45) is 0 Å². The van der Waals surface area contributed by atoms with Crippen LogP contribution in [0.15, 0.2) is 0 Å². The van der Waals surface area contributed by atoms with Gasteiger partial charge < -0.3 is 55.1 Å². The molecule has 0 spiro atoms. The molecule has 2 rings (SSSR count). The van der Waals surface area contributed by atoms with Gasteiger partial charge in [0.1, 0.15) is 42.7 Å². The molecule has 8 N–H and O–H groups in total. The number of carboxylic acid groups (broad SMARTS) is 1. The molecule has 0 unspecified atom stereocenters. The van der Waals surface area contributed by atoms with Crippen molar-refractivity contribution in [3.63, 3.8) is 0 Å². The molecule has 12 nitrogen and oxygen atoms in total. The number of hydrogen-bond acceptors (Lipinski definition) is 11. The van der Waals surface area contributed by atoms with Crippen LogP contribution in [0.4, 0.5) is 0 Å². The molecule has 0 aromatic carbocycles. The van der Waals surface area contributed by atoms with Gasteiger partial charge in [-0.15, -0.1) is 0 Å². The minimum absolute atomic E-state index is 0.738. The van der Waals surface area contributed by atoms with Gasteiger partial charge in [-0.25, -0.2) is 4.79 Å². The molecule has 0 aromatic rings. The van der Waals surface area contributed by atoms with Gasteiger partial charge >= 0.3 is 5.97 Å². The first-order valence-corrected chi connectivity index (χ1v) is 7.07. The Balaban J connectivity index is 2.18. The zero-order valence-corrected chi connectivity index (χ0v) is 12.2.